The lowest BCUT2D eigenvalue weighted by Gasteiger charge is -2.08. The van der Waals surface area contributed by atoms with Gasteiger partial charge in [-0.1, -0.05) is 18.2 Å². The minimum absolute atomic E-state index is 0.670. The predicted molar refractivity (Wildman–Crippen MR) is 107 cm³/mol. The highest BCUT2D eigenvalue weighted by Crippen LogP contribution is 2.20. The van der Waals surface area contributed by atoms with Gasteiger partial charge in [0.2, 0.25) is 0 Å². The van der Waals surface area contributed by atoms with Crippen molar-refractivity contribution >= 4 is 11.5 Å². The van der Waals surface area contributed by atoms with Gasteiger partial charge in [0.15, 0.2) is 0 Å². The molecule has 0 aliphatic rings. The molecule has 4 heterocycles. The smallest absolute Gasteiger partial charge is 0.137 e. The number of pyridine rings is 1. The first-order valence-electron chi connectivity index (χ1n) is 8.94. The Hall–Kier alpha value is -4.00. The summed E-state index contributed by atoms with van der Waals surface area (Å²) < 4.78 is 3.85. The molecule has 1 aromatic carbocycles. The first-order valence-corrected chi connectivity index (χ1v) is 8.94. The number of rotatable bonds is 5. The molecular weight excluding hydrogens is 350 g/mol. The summed E-state index contributed by atoms with van der Waals surface area (Å²) in [4.78, 5) is 13.2. The molecule has 28 heavy (non-hydrogen) atoms. The maximum atomic E-state index is 4.42. The Morgan fingerprint density at radius 3 is 2.68 bits per heavy atom. The normalized spacial score (nSPS) is 11.0. The molecule has 5 rings (SSSR count). The first kappa shape index (κ1) is 16.2. The van der Waals surface area contributed by atoms with Crippen molar-refractivity contribution in [2.75, 3.05) is 5.32 Å². The van der Waals surface area contributed by atoms with Crippen LogP contribution in [-0.4, -0.2) is 29.1 Å². The second-order valence-electron chi connectivity index (χ2n) is 6.33. The molecule has 0 spiro atoms. The van der Waals surface area contributed by atoms with Gasteiger partial charge >= 0.3 is 0 Å². The topological polar surface area (TPSA) is 72.9 Å². The molecule has 0 fully saturated rings. The van der Waals surface area contributed by atoms with E-state index in [4.69, 9.17) is 0 Å². The van der Waals surface area contributed by atoms with Gasteiger partial charge in [0.1, 0.15) is 17.8 Å². The largest absolute Gasteiger partial charge is 0.366 e. The van der Waals surface area contributed by atoms with E-state index < -0.39 is 0 Å². The minimum atomic E-state index is 0.670. The van der Waals surface area contributed by atoms with Crippen LogP contribution in [-0.2, 0) is 6.54 Å². The Morgan fingerprint density at radius 2 is 1.82 bits per heavy atom. The number of benzene rings is 1. The molecule has 0 unspecified atom stereocenters. The molecule has 0 amide bonds. The van der Waals surface area contributed by atoms with E-state index in [1.54, 1.807) is 12.5 Å². The lowest BCUT2D eigenvalue weighted by atomic mass is 10.2. The molecule has 0 saturated heterocycles. The second-order valence-corrected chi connectivity index (χ2v) is 6.33. The van der Waals surface area contributed by atoms with E-state index in [1.165, 1.54) is 0 Å². The predicted octanol–water partition coefficient (Wildman–Crippen LogP) is 3.59. The monoisotopic (exact) mass is 367 g/mol. The number of nitrogens with zero attached hydrogens (tertiary/aromatic N) is 6. The molecule has 0 saturated carbocycles. The molecule has 7 nitrogen and oxygen atoms in total. The van der Waals surface area contributed by atoms with Crippen LogP contribution in [0.2, 0.25) is 0 Å². The van der Waals surface area contributed by atoms with Crippen molar-refractivity contribution in [1.29, 1.82) is 0 Å². The Bertz CT molecular complexity index is 1210. The van der Waals surface area contributed by atoms with Crippen molar-refractivity contribution in [3.05, 3.63) is 91.3 Å². The molecule has 0 radical (unpaired) electrons. The van der Waals surface area contributed by atoms with Crippen molar-refractivity contribution in [2.24, 2.45) is 0 Å². The van der Waals surface area contributed by atoms with Crippen molar-refractivity contribution in [3.63, 3.8) is 0 Å². The number of aromatic nitrogens is 6. The lowest BCUT2D eigenvalue weighted by molar-refractivity contribution is 0.879. The van der Waals surface area contributed by atoms with Crippen LogP contribution >= 0.6 is 0 Å². The zero-order valence-electron chi connectivity index (χ0n) is 15.0. The van der Waals surface area contributed by atoms with Crippen LogP contribution < -0.4 is 5.32 Å². The third-order valence-corrected chi connectivity index (χ3v) is 4.53. The van der Waals surface area contributed by atoms with Crippen molar-refractivity contribution in [3.8, 4) is 17.1 Å². The van der Waals surface area contributed by atoms with Crippen LogP contribution in [0.15, 0.2) is 85.7 Å². The van der Waals surface area contributed by atoms with E-state index in [0.717, 1.165) is 34.1 Å². The molecule has 5 aromatic rings. The van der Waals surface area contributed by atoms with Gasteiger partial charge in [-0.15, -0.1) is 0 Å². The minimum Gasteiger partial charge on any atom is -0.366 e. The average Bonchev–Trinajstić information content (AvgIpc) is 3.43. The Kier molecular flexibility index (Phi) is 4.02. The number of imidazole rings is 1. The fraction of sp³-hybridized carbons (Fsp3) is 0.0476. The Morgan fingerprint density at radius 1 is 0.893 bits per heavy atom. The molecular formula is C21H17N7. The van der Waals surface area contributed by atoms with Gasteiger partial charge in [-0.05, 0) is 35.9 Å². The fourth-order valence-electron chi connectivity index (χ4n) is 3.10. The highest BCUT2D eigenvalue weighted by molar-refractivity contribution is 5.62. The number of nitrogens with one attached hydrogen (secondary N) is 1. The van der Waals surface area contributed by atoms with Crippen LogP contribution in [0.25, 0.3) is 22.7 Å². The van der Waals surface area contributed by atoms with Gasteiger partial charge in [0.25, 0.3) is 0 Å². The van der Waals surface area contributed by atoms with Crippen molar-refractivity contribution < 1.29 is 0 Å². The van der Waals surface area contributed by atoms with Gasteiger partial charge in [-0.2, -0.15) is 5.10 Å². The molecule has 136 valence electrons. The molecule has 0 aliphatic carbocycles. The van der Waals surface area contributed by atoms with Crippen LogP contribution in [0.5, 0.6) is 0 Å². The summed E-state index contributed by atoms with van der Waals surface area (Å²) in [5, 5.41) is 7.60. The summed E-state index contributed by atoms with van der Waals surface area (Å²) in [6.45, 7) is 0.670. The second kappa shape index (κ2) is 6.96. The van der Waals surface area contributed by atoms with E-state index >= 15 is 0 Å². The lowest BCUT2D eigenvalue weighted by Crippen LogP contribution is -2.03. The Labute approximate surface area is 161 Å². The van der Waals surface area contributed by atoms with Gasteiger partial charge < -0.3 is 5.32 Å². The number of anilines is 1. The summed E-state index contributed by atoms with van der Waals surface area (Å²) in [5.41, 5.74) is 4.84. The SMILES string of the molecule is c1ccn2c(-c3cc(NCc4ccc(-n5cccn5)cc4)ncn3)cnc2c1. The van der Waals surface area contributed by atoms with Crippen LogP contribution in [0.4, 0.5) is 5.82 Å². The number of fused-ring (bicyclic) bond motifs is 1. The number of hydrogen-bond donors (Lipinski definition) is 1. The molecule has 4 aromatic heterocycles. The molecule has 7 heteroatoms. The van der Waals surface area contributed by atoms with Crippen LogP contribution in [0.3, 0.4) is 0 Å². The van der Waals surface area contributed by atoms with E-state index in [-0.39, 0.29) is 0 Å². The first-order chi connectivity index (χ1) is 13.9. The summed E-state index contributed by atoms with van der Waals surface area (Å²) >= 11 is 0. The van der Waals surface area contributed by atoms with E-state index in [2.05, 4.69) is 37.5 Å². The average molecular weight is 367 g/mol. The summed E-state index contributed by atoms with van der Waals surface area (Å²) in [7, 11) is 0. The third-order valence-electron chi connectivity index (χ3n) is 4.53. The summed E-state index contributed by atoms with van der Waals surface area (Å²) in [6.07, 6.45) is 9.08. The maximum absolute atomic E-state index is 4.42. The highest BCUT2D eigenvalue weighted by atomic mass is 15.3. The molecule has 0 bridgehead atoms. The van der Waals surface area contributed by atoms with Gasteiger partial charge in [-0.25, -0.2) is 19.6 Å². The van der Waals surface area contributed by atoms with Crippen LogP contribution in [0, 0.1) is 0 Å². The zero-order valence-corrected chi connectivity index (χ0v) is 15.0. The Balaban J connectivity index is 1.33. The van der Waals surface area contributed by atoms with Crippen molar-refractivity contribution in [1.82, 2.24) is 29.1 Å². The van der Waals surface area contributed by atoms with E-state index in [9.17, 15) is 0 Å². The highest BCUT2D eigenvalue weighted by Gasteiger charge is 2.08. The van der Waals surface area contributed by atoms with Gasteiger partial charge in [-0.3, -0.25) is 4.40 Å². The van der Waals surface area contributed by atoms with Crippen molar-refractivity contribution in [2.45, 2.75) is 6.54 Å². The van der Waals surface area contributed by atoms with E-state index in [0.29, 0.717) is 6.54 Å². The fourth-order valence-corrected chi connectivity index (χ4v) is 3.10. The quantitative estimate of drug-likeness (QED) is 0.514. The van der Waals surface area contributed by atoms with Gasteiger partial charge in [0, 0.05) is 31.2 Å². The molecule has 0 aliphatic heterocycles. The third kappa shape index (κ3) is 3.09. The molecule has 0 atom stereocenters. The maximum Gasteiger partial charge on any atom is 0.137 e. The standard InChI is InChI=1S/C21H17N7/c1-2-10-27-19(14-23-21(27)4-1)18-12-20(25-15-24-18)22-13-16-5-7-17(8-6-16)28-11-3-9-26-28/h1-12,14-15H,13H2,(H,22,24,25). The van der Waals surface area contributed by atoms with Gasteiger partial charge in [0.05, 0.1) is 23.3 Å². The number of hydrogen-bond acceptors (Lipinski definition) is 5. The summed E-state index contributed by atoms with van der Waals surface area (Å²) in [6, 6.07) is 18.0. The van der Waals surface area contributed by atoms with Crippen LogP contribution in [0.1, 0.15) is 5.56 Å². The summed E-state index contributed by atoms with van der Waals surface area (Å²) in [5.74, 6) is 0.770. The van der Waals surface area contributed by atoms with E-state index in [1.807, 2.05) is 70.1 Å². The zero-order chi connectivity index (χ0) is 18.8. The molecule has 1 N–H and O–H groups in total.